The van der Waals surface area contributed by atoms with Crippen molar-refractivity contribution in [1.82, 2.24) is 0 Å². The van der Waals surface area contributed by atoms with Gasteiger partial charge < -0.3 is 10.1 Å². The maximum absolute atomic E-state index is 13.1. The number of nitrogens with one attached hydrogen (secondary N) is 1. The molecule has 5 heteroatoms. The molecule has 0 saturated heterocycles. The molecular formula is C21H22N2O2S. The van der Waals surface area contributed by atoms with E-state index in [0.717, 1.165) is 21.9 Å². The van der Waals surface area contributed by atoms with E-state index in [4.69, 9.17) is 4.74 Å². The normalized spacial score (nSPS) is 12.8. The smallest absolute Gasteiger partial charge is 0.123 e. The molecule has 0 heterocycles. The Morgan fingerprint density at radius 3 is 2.35 bits per heavy atom. The van der Waals surface area contributed by atoms with E-state index >= 15 is 0 Å². The summed E-state index contributed by atoms with van der Waals surface area (Å²) in [5.41, 5.74) is 2.56. The predicted octanol–water partition coefficient (Wildman–Crippen LogP) is 5.10. The highest BCUT2D eigenvalue weighted by atomic mass is 32.2. The van der Waals surface area contributed by atoms with E-state index in [9.17, 15) is 4.21 Å². The van der Waals surface area contributed by atoms with Crippen LogP contribution in [0.4, 0.5) is 11.4 Å². The van der Waals surface area contributed by atoms with Crippen LogP contribution in [-0.2, 0) is 16.3 Å². The Morgan fingerprint density at radius 2 is 1.58 bits per heavy atom. The van der Waals surface area contributed by atoms with Crippen LogP contribution in [-0.4, -0.2) is 17.6 Å². The van der Waals surface area contributed by atoms with E-state index in [1.807, 2.05) is 78.9 Å². The molecule has 1 unspecified atom stereocenters. The van der Waals surface area contributed by atoms with E-state index in [1.54, 1.807) is 13.4 Å². The summed E-state index contributed by atoms with van der Waals surface area (Å²) in [6.07, 6.45) is 1.67. The van der Waals surface area contributed by atoms with Gasteiger partial charge in [-0.2, -0.15) is 4.36 Å². The average molecular weight is 366 g/mol. The lowest BCUT2D eigenvalue weighted by molar-refractivity contribution is 0.410. The van der Waals surface area contributed by atoms with Crippen LogP contribution in [0.5, 0.6) is 5.75 Å². The highest BCUT2D eigenvalue weighted by Gasteiger charge is 2.09. The molecule has 0 bridgehead atoms. The van der Waals surface area contributed by atoms with Crippen LogP contribution in [0.2, 0.25) is 0 Å². The van der Waals surface area contributed by atoms with Gasteiger partial charge in [0.25, 0.3) is 0 Å². The fourth-order valence-electron chi connectivity index (χ4n) is 2.66. The predicted molar refractivity (Wildman–Crippen MR) is 108 cm³/mol. The van der Waals surface area contributed by atoms with Crippen LogP contribution in [0, 0.1) is 0 Å². The van der Waals surface area contributed by atoms with Crippen molar-refractivity contribution < 1.29 is 8.95 Å². The van der Waals surface area contributed by atoms with Crippen molar-refractivity contribution in [3.8, 4) is 5.75 Å². The van der Waals surface area contributed by atoms with Gasteiger partial charge in [0.2, 0.25) is 0 Å². The van der Waals surface area contributed by atoms with E-state index in [2.05, 4.69) is 9.68 Å². The summed E-state index contributed by atoms with van der Waals surface area (Å²) in [6, 6.07) is 24.8. The second kappa shape index (κ2) is 8.06. The number of nitrogens with zero attached hydrogens (tertiary/aromatic N) is 1. The van der Waals surface area contributed by atoms with Gasteiger partial charge in [0.1, 0.15) is 5.75 Å². The molecule has 0 saturated carbocycles. The number of hydrogen-bond acceptors (Lipinski definition) is 4. The third-order valence-electron chi connectivity index (χ3n) is 4.02. The molecule has 0 amide bonds. The van der Waals surface area contributed by atoms with E-state index in [1.165, 1.54) is 0 Å². The largest absolute Gasteiger partial charge is 0.496 e. The van der Waals surface area contributed by atoms with Crippen LogP contribution >= 0.6 is 0 Å². The molecule has 3 aromatic rings. The number of anilines is 1. The molecule has 0 fully saturated rings. The Balaban J connectivity index is 1.89. The molecule has 0 spiro atoms. The van der Waals surface area contributed by atoms with Crippen LogP contribution in [0.1, 0.15) is 5.56 Å². The molecule has 4 nitrogen and oxygen atoms in total. The van der Waals surface area contributed by atoms with Crippen LogP contribution in [0.15, 0.2) is 88.1 Å². The van der Waals surface area contributed by atoms with Gasteiger partial charge in [-0.15, -0.1) is 0 Å². The summed E-state index contributed by atoms with van der Waals surface area (Å²) in [5, 5.41) is 3.38. The van der Waals surface area contributed by atoms with Gasteiger partial charge in [0.15, 0.2) is 0 Å². The van der Waals surface area contributed by atoms with Crippen LogP contribution in [0.3, 0.4) is 0 Å². The molecule has 0 aromatic heterocycles. The van der Waals surface area contributed by atoms with Gasteiger partial charge in [-0.3, -0.25) is 0 Å². The minimum Gasteiger partial charge on any atom is -0.496 e. The summed E-state index contributed by atoms with van der Waals surface area (Å²) in [4.78, 5) is 0.722. The standard InChI is InChI=1S/C21H22N2O2S/c1-25-21-15-9-6-10-17(21)16-22-19-13-7-8-14-20(19)23-26(2,24)18-11-4-3-5-12-18/h3-15,22H,16H2,1-2H3. The Bertz CT molecular complexity index is 994. The Kier molecular flexibility index (Phi) is 5.58. The fraction of sp³-hybridized carbons (Fsp3) is 0.143. The first-order valence-electron chi connectivity index (χ1n) is 8.32. The maximum atomic E-state index is 13.1. The molecule has 0 aliphatic rings. The average Bonchev–Trinajstić information content (AvgIpc) is 2.68. The third-order valence-corrected chi connectivity index (χ3v) is 5.71. The Morgan fingerprint density at radius 1 is 0.923 bits per heavy atom. The second-order valence-electron chi connectivity index (χ2n) is 5.89. The fourth-order valence-corrected chi connectivity index (χ4v) is 3.96. The zero-order chi connectivity index (χ0) is 18.4. The van der Waals surface area contributed by atoms with Crippen molar-refractivity contribution in [3.05, 3.63) is 84.4 Å². The molecular weight excluding hydrogens is 344 g/mol. The number of ether oxygens (including phenoxy) is 1. The van der Waals surface area contributed by atoms with Crippen molar-refractivity contribution >= 4 is 21.1 Å². The molecule has 26 heavy (non-hydrogen) atoms. The Hall–Kier alpha value is -2.79. The van der Waals surface area contributed by atoms with Crippen molar-refractivity contribution in [2.75, 3.05) is 18.7 Å². The van der Waals surface area contributed by atoms with E-state index in [-0.39, 0.29) is 0 Å². The zero-order valence-corrected chi connectivity index (χ0v) is 15.7. The number of hydrogen-bond donors (Lipinski definition) is 1. The minimum atomic E-state index is -2.52. The molecule has 0 aliphatic carbocycles. The molecule has 1 atom stereocenters. The van der Waals surface area contributed by atoms with Gasteiger partial charge in [0.05, 0.1) is 28.2 Å². The Labute approximate surface area is 155 Å². The number of rotatable bonds is 6. The highest BCUT2D eigenvalue weighted by molar-refractivity contribution is 7.93. The summed E-state index contributed by atoms with van der Waals surface area (Å²) < 4.78 is 23.0. The molecule has 3 aromatic carbocycles. The van der Waals surface area contributed by atoms with Gasteiger partial charge in [-0.25, -0.2) is 4.21 Å². The lowest BCUT2D eigenvalue weighted by Crippen LogP contribution is -2.02. The summed E-state index contributed by atoms with van der Waals surface area (Å²) in [5.74, 6) is 0.831. The molecule has 3 rings (SSSR count). The maximum Gasteiger partial charge on any atom is 0.123 e. The summed E-state index contributed by atoms with van der Waals surface area (Å²) in [6.45, 7) is 0.590. The minimum absolute atomic E-state index is 0.590. The zero-order valence-electron chi connectivity index (χ0n) is 14.9. The topological polar surface area (TPSA) is 50.7 Å². The summed E-state index contributed by atoms with van der Waals surface area (Å²) >= 11 is 0. The van der Waals surface area contributed by atoms with Crippen LogP contribution in [0.25, 0.3) is 0 Å². The first-order valence-corrected chi connectivity index (χ1v) is 10.2. The first kappa shape index (κ1) is 18.0. The molecule has 0 aliphatic heterocycles. The lowest BCUT2D eigenvalue weighted by Gasteiger charge is -2.13. The van der Waals surface area contributed by atoms with Crippen molar-refractivity contribution in [2.45, 2.75) is 11.4 Å². The number of benzene rings is 3. The quantitative estimate of drug-likeness (QED) is 0.661. The molecule has 134 valence electrons. The number of para-hydroxylation sites is 2. The number of methoxy groups -OCH3 is 1. The summed E-state index contributed by atoms with van der Waals surface area (Å²) in [7, 11) is -0.860. The van der Waals surface area contributed by atoms with E-state index < -0.39 is 9.73 Å². The second-order valence-corrected chi connectivity index (χ2v) is 8.15. The van der Waals surface area contributed by atoms with Crippen molar-refractivity contribution in [1.29, 1.82) is 0 Å². The lowest BCUT2D eigenvalue weighted by atomic mass is 10.2. The van der Waals surface area contributed by atoms with Crippen molar-refractivity contribution in [3.63, 3.8) is 0 Å². The third kappa shape index (κ3) is 4.24. The highest BCUT2D eigenvalue weighted by Crippen LogP contribution is 2.29. The molecule has 0 radical (unpaired) electrons. The SMILES string of the molecule is COc1ccccc1CNc1ccccc1N=S(C)(=O)c1ccccc1. The first-order chi connectivity index (χ1) is 12.6. The van der Waals surface area contributed by atoms with Gasteiger partial charge in [-0.05, 0) is 30.3 Å². The van der Waals surface area contributed by atoms with Gasteiger partial charge >= 0.3 is 0 Å². The van der Waals surface area contributed by atoms with Gasteiger partial charge in [-0.1, -0.05) is 48.5 Å². The van der Waals surface area contributed by atoms with Gasteiger partial charge in [0, 0.05) is 23.3 Å². The molecule has 1 N–H and O–H groups in total. The monoisotopic (exact) mass is 366 g/mol. The van der Waals surface area contributed by atoms with E-state index in [0.29, 0.717) is 12.2 Å². The van der Waals surface area contributed by atoms with Crippen molar-refractivity contribution in [2.24, 2.45) is 4.36 Å². The van der Waals surface area contributed by atoms with Crippen LogP contribution < -0.4 is 10.1 Å².